The molecular weight excluding hydrogens is 238 g/mol. The summed E-state index contributed by atoms with van der Waals surface area (Å²) in [7, 11) is 0. The molecule has 0 amide bonds. The molecular formula is C15H17N3O. The summed E-state index contributed by atoms with van der Waals surface area (Å²) in [5.74, 6) is -0.205. The van der Waals surface area contributed by atoms with E-state index in [1.54, 1.807) is 6.20 Å². The Labute approximate surface area is 112 Å². The van der Waals surface area contributed by atoms with E-state index in [0.29, 0.717) is 0 Å². The molecule has 2 rings (SSSR count). The van der Waals surface area contributed by atoms with Crippen LogP contribution in [0.25, 0.3) is 5.69 Å². The molecule has 0 aliphatic heterocycles. The van der Waals surface area contributed by atoms with Gasteiger partial charge in [0.05, 0.1) is 5.56 Å². The Morgan fingerprint density at radius 2 is 1.68 bits per heavy atom. The van der Waals surface area contributed by atoms with Gasteiger partial charge in [-0.05, 0) is 44.0 Å². The van der Waals surface area contributed by atoms with Gasteiger partial charge in [0, 0.05) is 23.6 Å². The number of amidine groups is 1. The highest BCUT2D eigenvalue weighted by molar-refractivity contribution is 5.94. The van der Waals surface area contributed by atoms with Crippen LogP contribution in [-0.2, 0) is 0 Å². The summed E-state index contributed by atoms with van der Waals surface area (Å²) in [6.45, 7) is 5.92. The fourth-order valence-corrected chi connectivity index (χ4v) is 2.20. The standard InChI is InChI=1S/C15H17N3O/c1-9-4-10(2)6-12(5-9)18-8-13(15(16)17)14(19)7-11(18)3/h4-8H,1-3H3,(H3,16,17). The Morgan fingerprint density at radius 1 is 1.11 bits per heavy atom. The first-order valence-corrected chi connectivity index (χ1v) is 6.05. The smallest absolute Gasteiger partial charge is 0.192 e. The van der Waals surface area contributed by atoms with Gasteiger partial charge in [-0.1, -0.05) is 6.07 Å². The number of rotatable bonds is 2. The molecule has 0 fully saturated rings. The van der Waals surface area contributed by atoms with E-state index in [4.69, 9.17) is 11.1 Å². The van der Waals surface area contributed by atoms with Gasteiger partial charge in [-0.3, -0.25) is 10.2 Å². The van der Waals surface area contributed by atoms with Gasteiger partial charge < -0.3 is 10.3 Å². The predicted molar refractivity (Wildman–Crippen MR) is 77.3 cm³/mol. The second-order valence-corrected chi connectivity index (χ2v) is 4.82. The van der Waals surface area contributed by atoms with Crippen LogP contribution in [0.2, 0.25) is 0 Å². The predicted octanol–water partition coefficient (Wildman–Crippen LogP) is 2.05. The minimum absolute atomic E-state index is 0.205. The minimum Gasteiger partial charge on any atom is -0.384 e. The van der Waals surface area contributed by atoms with Crippen LogP contribution in [-0.4, -0.2) is 10.4 Å². The Balaban J connectivity index is 2.71. The van der Waals surface area contributed by atoms with Crippen molar-refractivity contribution in [2.75, 3.05) is 0 Å². The van der Waals surface area contributed by atoms with Gasteiger partial charge in [-0.2, -0.15) is 0 Å². The number of aryl methyl sites for hydroxylation is 3. The molecule has 19 heavy (non-hydrogen) atoms. The molecule has 0 spiro atoms. The monoisotopic (exact) mass is 255 g/mol. The highest BCUT2D eigenvalue weighted by atomic mass is 16.1. The Kier molecular flexibility index (Phi) is 3.25. The SMILES string of the molecule is Cc1cc(C)cc(-n2cc(C(=N)N)c(=O)cc2C)c1. The average Bonchev–Trinajstić information content (AvgIpc) is 2.26. The van der Waals surface area contributed by atoms with Gasteiger partial charge in [-0.15, -0.1) is 0 Å². The van der Waals surface area contributed by atoms with Crippen LogP contribution in [0.3, 0.4) is 0 Å². The second kappa shape index (κ2) is 4.72. The third-order valence-corrected chi connectivity index (χ3v) is 3.02. The lowest BCUT2D eigenvalue weighted by Crippen LogP contribution is -2.23. The summed E-state index contributed by atoms with van der Waals surface area (Å²) in [4.78, 5) is 11.8. The van der Waals surface area contributed by atoms with Crippen molar-refractivity contribution < 1.29 is 0 Å². The molecule has 0 unspecified atom stereocenters. The maximum atomic E-state index is 11.8. The highest BCUT2D eigenvalue weighted by Crippen LogP contribution is 2.15. The first-order chi connectivity index (χ1) is 8.88. The van der Waals surface area contributed by atoms with Gasteiger partial charge in [-0.25, -0.2) is 0 Å². The molecule has 1 heterocycles. The molecule has 98 valence electrons. The zero-order valence-corrected chi connectivity index (χ0v) is 11.3. The van der Waals surface area contributed by atoms with Crippen molar-refractivity contribution in [3.05, 3.63) is 63.1 Å². The highest BCUT2D eigenvalue weighted by Gasteiger charge is 2.08. The van der Waals surface area contributed by atoms with E-state index in [2.05, 4.69) is 6.07 Å². The number of nitrogen functional groups attached to an aromatic ring is 1. The summed E-state index contributed by atoms with van der Waals surface area (Å²) >= 11 is 0. The third-order valence-electron chi connectivity index (χ3n) is 3.02. The zero-order valence-electron chi connectivity index (χ0n) is 11.3. The quantitative estimate of drug-likeness (QED) is 0.636. The molecule has 0 aliphatic rings. The normalized spacial score (nSPS) is 10.5. The van der Waals surface area contributed by atoms with Gasteiger partial charge in [0.2, 0.25) is 0 Å². The fourth-order valence-electron chi connectivity index (χ4n) is 2.20. The number of hydrogen-bond donors (Lipinski definition) is 2. The summed E-state index contributed by atoms with van der Waals surface area (Å²) in [6.07, 6.45) is 1.63. The van der Waals surface area contributed by atoms with Crippen LogP contribution in [0, 0.1) is 26.2 Å². The average molecular weight is 255 g/mol. The molecule has 0 atom stereocenters. The number of hydrogen-bond acceptors (Lipinski definition) is 2. The lowest BCUT2D eigenvalue weighted by molar-refractivity contribution is 0.964. The largest absolute Gasteiger partial charge is 0.384 e. The Bertz CT molecular complexity index is 694. The minimum atomic E-state index is -0.217. The first kappa shape index (κ1) is 13.1. The van der Waals surface area contributed by atoms with Crippen LogP contribution in [0.4, 0.5) is 0 Å². The summed E-state index contributed by atoms with van der Waals surface area (Å²) in [5, 5.41) is 7.45. The molecule has 0 saturated heterocycles. The van der Waals surface area contributed by atoms with E-state index >= 15 is 0 Å². The number of nitrogens with zero attached hydrogens (tertiary/aromatic N) is 1. The van der Waals surface area contributed by atoms with Crippen molar-refractivity contribution in [3.8, 4) is 5.69 Å². The second-order valence-electron chi connectivity index (χ2n) is 4.82. The van der Waals surface area contributed by atoms with Crippen molar-refractivity contribution in [3.63, 3.8) is 0 Å². The molecule has 3 N–H and O–H groups in total. The molecule has 1 aromatic carbocycles. The lowest BCUT2D eigenvalue weighted by Gasteiger charge is -2.14. The van der Waals surface area contributed by atoms with Gasteiger partial charge in [0.25, 0.3) is 0 Å². The number of pyridine rings is 1. The van der Waals surface area contributed by atoms with Crippen molar-refractivity contribution in [2.45, 2.75) is 20.8 Å². The van der Waals surface area contributed by atoms with Crippen LogP contribution >= 0.6 is 0 Å². The van der Waals surface area contributed by atoms with Gasteiger partial charge >= 0.3 is 0 Å². The van der Waals surface area contributed by atoms with E-state index in [-0.39, 0.29) is 16.8 Å². The molecule has 4 heteroatoms. The van der Waals surface area contributed by atoms with Crippen molar-refractivity contribution in [1.82, 2.24) is 4.57 Å². The van der Waals surface area contributed by atoms with E-state index in [1.165, 1.54) is 6.07 Å². The summed E-state index contributed by atoms with van der Waals surface area (Å²) in [5.41, 5.74) is 9.54. The molecule has 0 radical (unpaired) electrons. The van der Waals surface area contributed by atoms with Crippen molar-refractivity contribution >= 4 is 5.84 Å². The van der Waals surface area contributed by atoms with Crippen molar-refractivity contribution in [2.24, 2.45) is 5.73 Å². The molecule has 2 aromatic rings. The number of aromatic nitrogens is 1. The third kappa shape index (κ3) is 2.57. The van der Waals surface area contributed by atoms with Crippen LogP contribution in [0.5, 0.6) is 0 Å². The number of benzene rings is 1. The molecule has 4 nitrogen and oxygen atoms in total. The zero-order chi connectivity index (χ0) is 14.2. The maximum Gasteiger partial charge on any atom is 0.192 e. The van der Waals surface area contributed by atoms with Crippen LogP contribution < -0.4 is 11.2 Å². The summed E-state index contributed by atoms with van der Waals surface area (Å²) < 4.78 is 1.89. The Morgan fingerprint density at radius 3 is 2.21 bits per heavy atom. The lowest BCUT2D eigenvalue weighted by atomic mass is 10.1. The summed E-state index contributed by atoms with van der Waals surface area (Å²) in [6, 6.07) is 7.67. The fraction of sp³-hybridized carbons (Fsp3) is 0.200. The van der Waals surface area contributed by atoms with Crippen LogP contribution in [0.15, 0.2) is 35.3 Å². The molecule has 0 aliphatic carbocycles. The van der Waals surface area contributed by atoms with Gasteiger partial charge in [0.1, 0.15) is 5.84 Å². The first-order valence-electron chi connectivity index (χ1n) is 6.05. The Hall–Kier alpha value is -2.36. The van der Waals surface area contributed by atoms with Gasteiger partial charge in [0.15, 0.2) is 5.43 Å². The molecule has 0 saturated carbocycles. The van der Waals surface area contributed by atoms with E-state index < -0.39 is 0 Å². The van der Waals surface area contributed by atoms with E-state index in [0.717, 1.165) is 22.5 Å². The molecule has 0 bridgehead atoms. The topological polar surface area (TPSA) is 71.9 Å². The van der Waals surface area contributed by atoms with E-state index in [9.17, 15) is 4.79 Å². The number of nitrogens with two attached hydrogens (primary N) is 1. The number of nitrogens with one attached hydrogen (secondary N) is 1. The van der Waals surface area contributed by atoms with Crippen LogP contribution in [0.1, 0.15) is 22.4 Å². The molecule has 1 aromatic heterocycles. The van der Waals surface area contributed by atoms with Crippen molar-refractivity contribution in [1.29, 1.82) is 5.41 Å². The maximum absolute atomic E-state index is 11.8. The van der Waals surface area contributed by atoms with E-state index in [1.807, 2.05) is 37.5 Å².